The normalized spacial score (nSPS) is 9.50. The van der Waals surface area contributed by atoms with E-state index in [1.807, 2.05) is 13.8 Å². The zero-order valence-corrected chi connectivity index (χ0v) is 7.20. The number of aromatic nitrogens is 2. The van der Waals surface area contributed by atoms with Gasteiger partial charge in [-0.15, -0.1) is 0 Å². The molecule has 0 aromatic carbocycles. The fraction of sp³-hybridized carbons (Fsp3) is 0.500. The molecule has 0 spiro atoms. The third kappa shape index (κ3) is 2.38. The van der Waals surface area contributed by atoms with E-state index >= 15 is 0 Å². The van der Waals surface area contributed by atoms with Gasteiger partial charge in [0.15, 0.2) is 0 Å². The van der Waals surface area contributed by atoms with Gasteiger partial charge < -0.3 is 9.47 Å². The SMILES string of the molecule is CCOc1[c]c(OCC)ncn1. The molecule has 0 unspecified atom stereocenters. The summed E-state index contributed by atoms with van der Waals surface area (Å²) in [4.78, 5) is 7.68. The molecule has 0 bridgehead atoms. The van der Waals surface area contributed by atoms with E-state index in [9.17, 15) is 0 Å². The van der Waals surface area contributed by atoms with E-state index < -0.39 is 0 Å². The average Bonchev–Trinajstić information content (AvgIpc) is 2.06. The molecule has 0 saturated carbocycles. The molecule has 1 heterocycles. The molecule has 1 radical (unpaired) electrons. The Hall–Kier alpha value is -1.32. The minimum absolute atomic E-state index is 0.427. The van der Waals surface area contributed by atoms with E-state index in [1.165, 1.54) is 6.33 Å². The van der Waals surface area contributed by atoms with Crippen molar-refractivity contribution in [2.24, 2.45) is 0 Å². The molecule has 12 heavy (non-hydrogen) atoms. The standard InChI is InChI=1S/C8H11N2O2/c1-3-11-7-5-8(12-4-2)10-6-9-7/h6H,3-4H2,1-2H3. The summed E-state index contributed by atoms with van der Waals surface area (Å²) in [7, 11) is 0. The van der Waals surface area contributed by atoms with Crippen molar-refractivity contribution < 1.29 is 9.47 Å². The summed E-state index contributed by atoms with van der Waals surface area (Å²) >= 11 is 0. The lowest BCUT2D eigenvalue weighted by molar-refractivity contribution is 0.303. The van der Waals surface area contributed by atoms with Gasteiger partial charge in [0.05, 0.1) is 13.2 Å². The molecule has 0 atom stereocenters. The molecule has 0 aliphatic carbocycles. The molecule has 0 amide bonds. The van der Waals surface area contributed by atoms with Crippen molar-refractivity contribution in [1.82, 2.24) is 9.97 Å². The van der Waals surface area contributed by atoms with Gasteiger partial charge in [-0.1, -0.05) is 0 Å². The van der Waals surface area contributed by atoms with Crippen molar-refractivity contribution in [1.29, 1.82) is 0 Å². The number of rotatable bonds is 4. The molecule has 0 aliphatic heterocycles. The summed E-state index contributed by atoms with van der Waals surface area (Å²) in [6, 6.07) is 2.78. The van der Waals surface area contributed by atoms with Gasteiger partial charge in [0.1, 0.15) is 12.4 Å². The van der Waals surface area contributed by atoms with Crippen LogP contribution >= 0.6 is 0 Å². The first kappa shape index (κ1) is 8.77. The number of nitrogens with zero attached hydrogens (tertiary/aromatic N) is 2. The Morgan fingerprint density at radius 1 is 1.17 bits per heavy atom. The van der Waals surface area contributed by atoms with Crippen LogP contribution in [0.5, 0.6) is 11.8 Å². The summed E-state index contributed by atoms with van der Waals surface area (Å²) in [5.41, 5.74) is 0. The molecule has 0 fully saturated rings. The number of ether oxygens (including phenoxy) is 2. The fourth-order valence-electron chi connectivity index (χ4n) is 0.710. The summed E-state index contributed by atoms with van der Waals surface area (Å²) in [5, 5.41) is 0. The summed E-state index contributed by atoms with van der Waals surface area (Å²) in [6.07, 6.45) is 1.40. The molecular formula is C8H11N2O2. The van der Waals surface area contributed by atoms with Crippen molar-refractivity contribution in [3.8, 4) is 11.8 Å². The maximum atomic E-state index is 5.11. The highest BCUT2D eigenvalue weighted by molar-refractivity contribution is 5.15. The van der Waals surface area contributed by atoms with Gasteiger partial charge in [-0.25, -0.2) is 9.97 Å². The highest BCUT2D eigenvalue weighted by Gasteiger charge is 1.98. The second-order valence-electron chi connectivity index (χ2n) is 1.97. The van der Waals surface area contributed by atoms with Gasteiger partial charge in [0.2, 0.25) is 11.8 Å². The maximum Gasteiger partial charge on any atom is 0.228 e. The van der Waals surface area contributed by atoms with E-state index in [0.717, 1.165) is 0 Å². The van der Waals surface area contributed by atoms with Crippen LogP contribution in [0.3, 0.4) is 0 Å². The molecule has 65 valence electrons. The van der Waals surface area contributed by atoms with Gasteiger partial charge >= 0.3 is 0 Å². The van der Waals surface area contributed by atoms with E-state index in [4.69, 9.17) is 9.47 Å². The molecule has 4 nitrogen and oxygen atoms in total. The highest BCUT2D eigenvalue weighted by atomic mass is 16.5. The molecule has 1 rings (SSSR count). The van der Waals surface area contributed by atoms with Gasteiger partial charge in [-0.3, -0.25) is 0 Å². The second-order valence-corrected chi connectivity index (χ2v) is 1.97. The quantitative estimate of drug-likeness (QED) is 0.673. The van der Waals surface area contributed by atoms with Crippen LogP contribution < -0.4 is 9.47 Å². The average molecular weight is 167 g/mol. The highest BCUT2D eigenvalue weighted by Crippen LogP contribution is 2.10. The minimum atomic E-state index is 0.427. The van der Waals surface area contributed by atoms with Crippen LogP contribution in [0.2, 0.25) is 0 Å². The summed E-state index contributed by atoms with van der Waals surface area (Å²) in [6.45, 7) is 4.91. The van der Waals surface area contributed by atoms with Crippen LogP contribution in [0.4, 0.5) is 0 Å². The van der Waals surface area contributed by atoms with Crippen molar-refractivity contribution >= 4 is 0 Å². The molecule has 4 heteroatoms. The Bertz CT molecular complexity index is 219. The summed E-state index contributed by atoms with van der Waals surface area (Å²) < 4.78 is 10.2. The van der Waals surface area contributed by atoms with Gasteiger partial charge in [0.25, 0.3) is 0 Å². The third-order valence-corrected chi connectivity index (χ3v) is 1.13. The molecule has 0 N–H and O–H groups in total. The number of hydrogen-bond acceptors (Lipinski definition) is 4. The molecule has 0 saturated heterocycles. The third-order valence-electron chi connectivity index (χ3n) is 1.13. The predicted octanol–water partition coefficient (Wildman–Crippen LogP) is 1.07. The Labute approximate surface area is 71.6 Å². The van der Waals surface area contributed by atoms with Gasteiger partial charge in [-0.05, 0) is 13.8 Å². The first-order chi connectivity index (χ1) is 5.86. The lowest BCUT2D eigenvalue weighted by Crippen LogP contribution is -1.98. The van der Waals surface area contributed by atoms with Crippen molar-refractivity contribution in [3.63, 3.8) is 0 Å². The largest absolute Gasteiger partial charge is 0.477 e. The van der Waals surface area contributed by atoms with Gasteiger partial charge in [0, 0.05) is 0 Å². The molecule has 1 aromatic rings. The monoisotopic (exact) mass is 167 g/mol. The zero-order valence-electron chi connectivity index (χ0n) is 7.20. The van der Waals surface area contributed by atoms with Crippen LogP contribution in [-0.2, 0) is 0 Å². The Morgan fingerprint density at radius 3 is 2.08 bits per heavy atom. The summed E-state index contributed by atoms with van der Waals surface area (Å²) in [5.74, 6) is 0.854. The van der Waals surface area contributed by atoms with Crippen LogP contribution in [0, 0.1) is 6.07 Å². The van der Waals surface area contributed by atoms with E-state index in [2.05, 4.69) is 16.0 Å². The van der Waals surface area contributed by atoms with Crippen molar-refractivity contribution in [3.05, 3.63) is 12.4 Å². The Kier molecular flexibility index (Phi) is 3.32. The zero-order chi connectivity index (χ0) is 8.81. The lowest BCUT2D eigenvalue weighted by atomic mass is 10.6. The van der Waals surface area contributed by atoms with Crippen LogP contribution in [0.1, 0.15) is 13.8 Å². The van der Waals surface area contributed by atoms with Crippen molar-refractivity contribution in [2.75, 3.05) is 13.2 Å². The second kappa shape index (κ2) is 4.54. The first-order valence-corrected chi connectivity index (χ1v) is 3.86. The Balaban J connectivity index is 2.67. The lowest BCUT2D eigenvalue weighted by Gasteiger charge is -2.02. The first-order valence-electron chi connectivity index (χ1n) is 3.86. The Morgan fingerprint density at radius 2 is 1.67 bits per heavy atom. The van der Waals surface area contributed by atoms with E-state index in [-0.39, 0.29) is 0 Å². The minimum Gasteiger partial charge on any atom is -0.477 e. The van der Waals surface area contributed by atoms with Crippen LogP contribution in [-0.4, -0.2) is 23.2 Å². The van der Waals surface area contributed by atoms with E-state index in [1.54, 1.807) is 0 Å². The molecule has 1 aromatic heterocycles. The molecule has 0 aliphatic rings. The topological polar surface area (TPSA) is 44.2 Å². The van der Waals surface area contributed by atoms with Crippen LogP contribution in [0.25, 0.3) is 0 Å². The van der Waals surface area contributed by atoms with Crippen LogP contribution in [0.15, 0.2) is 6.33 Å². The smallest absolute Gasteiger partial charge is 0.228 e. The van der Waals surface area contributed by atoms with E-state index in [0.29, 0.717) is 25.0 Å². The number of hydrogen-bond donors (Lipinski definition) is 0. The van der Waals surface area contributed by atoms with Crippen molar-refractivity contribution in [2.45, 2.75) is 13.8 Å². The van der Waals surface area contributed by atoms with Gasteiger partial charge in [-0.2, -0.15) is 0 Å². The molecular weight excluding hydrogens is 156 g/mol. The fourth-order valence-corrected chi connectivity index (χ4v) is 0.710. The predicted molar refractivity (Wildman–Crippen MR) is 43.2 cm³/mol. The maximum absolute atomic E-state index is 5.11.